The maximum atomic E-state index is 15.3. The van der Waals surface area contributed by atoms with Crippen LogP contribution < -0.4 is 25.4 Å². The first kappa shape index (κ1) is 40.2. The molecular formula is C34H33ClF5N3O8. The van der Waals surface area contributed by atoms with Crippen molar-refractivity contribution >= 4 is 41.1 Å². The monoisotopic (exact) mass is 741 g/mol. The first-order chi connectivity index (χ1) is 23.8. The molecule has 3 amide bonds. The van der Waals surface area contributed by atoms with E-state index in [1.165, 1.54) is 81.6 Å². The zero-order chi connectivity index (χ0) is 38.1. The minimum absolute atomic E-state index is 0.00196. The molecule has 0 aliphatic heterocycles. The Morgan fingerprint density at radius 2 is 1.43 bits per heavy atom. The molecule has 4 N–H and O–H groups in total. The number of alkyl halides is 5. The van der Waals surface area contributed by atoms with E-state index in [-0.39, 0.29) is 21.9 Å². The summed E-state index contributed by atoms with van der Waals surface area (Å²) < 4.78 is 81.0. The summed E-state index contributed by atoms with van der Waals surface area (Å²) in [7, 11) is 1.34. The highest BCUT2D eigenvalue weighted by atomic mass is 35.5. The maximum Gasteiger partial charge on any atom is 0.452 e. The Labute approximate surface area is 293 Å². The van der Waals surface area contributed by atoms with Crippen molar-refractivity contribution in [3.8, 4) is 11.5 Å². The van der Waals surface area contributed by atoms with E-state index >= 15 is 8.78 Å². The Morgan fingerprint density at radius 1 is 0.824 bits per heavy atom. The number of methoxy groups -OCH3 is 1. The number of aliphatic carboxylic acids is 1. The number of carbonyl (C=O) groups is 5. The molecule has 11 nitrogen and oxygen atoms in total. The van der Waals surface area contributed by atoms with Crippen molar-refractivity contribution in [2.45, 2.75) is 50.5 Å². The molecule has 0 bridgehead atoms. The molecular weight excluding hydrogens is 709 g/mol. The van der Waals surface area contributed by atoms with Gasteiger partial charge < -0.3 is 30.5 Å². The van der Waals surface area contributed by atoms with E-state index in [0.717, 1.165) is 12.1 Å². The highest BCUT2D eigenvalue weighted by Gasteiger charge is 2.46. The molecule has 3 rings (SSSR count). The van der Waals surface area contributed by atoms with Gasteiger partial charge in [-0.1, -0.05) is 61.8 Å². The summed E-state index contributed by atoms with van der Waals surface area (Å²) in [5, 5.41) is 15.1. The Kier molecular flexibility index (Phi) is 13.5. The van der Waals surface area contributed by atoms with Gasteiger partial charge in [-0.05, 0) is 53.4 Å². The second-order valence-electron chi connectivity index (χ2n) is 11.4. The largest absolute Gasteiger partial charge is 0.497 e. The van der Waals surface area contributed by atoms with Gasteiger partial charge in [0, 0.05) is 17.0 Å². The minimum Gasteiger partial charge on any atom is -0.497 e. The van der Waals surface area contributed by atoms with E-state index in [0.29, 0.717) is 5.75 Å². The number of halogens is 6. The molecule has 0 aliphatic carbocycles. The molecule has 3 aromatic rings. The molecule has 0 fully saturated rings. The average Bonchev–Trinajstić information content (AvgIpc) is 3.07. The van der Waals surface area contributed by atoms with Gasteiger partial charge in [0.15, 0.2) is 6.61 Å². The molecule has 0 aromatic heterocycles. The van der Waals surface area contributed by atoms with E-state index in [9.17, 15) is 37.1 Å². The van der Waals surface area contributed by atoms with Gasteiger partial charge in [-0.25, -0.2) is 4.79 Å². The van der Waals surface area contributed by atoms with Gasteiger partial charge in [0.05, 0.1) is 13.2 Å². The van der Waals surface area contributed by atoms with Gasteiger partial charge in [0.1, 0.15) is 23.6 Å². The lowest BCUT2D eigenvalue weighted by molar-refractivity contribution is -0.175. The number of carbonyl (C=O) groups excluding carboxylic acids is 4. The third-order valence-electron chi connectivity index (χ3n) is 7.34. The second-order valence-corrected chi connectivity index (χ2v) is 11.9. The number of ketones is 1. The number of hydrogen-bond donors (Lipinski definition) is 4. The second kappa shape index (κ2) is 17.1. The van der Waals surface area contributed by atoms with E-state index in [2.05, 4.69) is 5.32 Å². The third-order valence-corrected chi connectivity index (χ3v) is 7.58. The fourth-order valence-electron chi connectivity index (χ4n) is 4.66. The molecule has 0 unspecified atom stereocenters. The van der Waals surface area contributed by atoms with Crippen LogP contribution in [-0.4, -0.2) is 66.6 Å². The van der Waals surface area contributed by atoms with E-state index in [4.69, 9.17) is 26.2 Å². The minimum atomic E-state index is -5.31. The molecule has 0 spiro atoms. The summed E-state index contributed by atoms with van der Waals surface area (Å²) >= 11 is 5.83. The fraction of sp³-hybridized carbons (Fsp3) is 0.324. The number of carboxylic acid groups (broad SMARTS) is 1. The quantitative estimate of drug-likeness (QED) is 0.153. The lowest BCUT2D eigenvalue weighted by atomic mass is 9.97. The zero-order valence-corrected chi connectivity index (χ0v) is 28.0. The topological polar surface area (TPSA) is 160 Å². The van der Waals surface area contributed by atoms with E-state index < -0.39 is 84.2 Å². The number of carboxylic acids is 1. The molecule has 0 heterocycles. The molecule has 0 saturated heterocycles. The number of hydrogen-bond acceptors (Lipinski definition) is 7. The molecule has 274 valence electrons. The summed E-state index contributed by atoms with van der Waals surface area (Å²) in [5.74, 6) is -12.7. The van der Waals surface area contributed by atoms with Gasteiger partial charge >= 0.3 is 18.1 Å². The predicted octanol–water partition coefficient (Wildman–Crippen LogP) is 4.76. The number of ether oxygens (including phenoxy) is 2. The van der Waals surface area contributed by atoms with Gasteiger partial charge in [-0.15, -0.1) is 0 Å². The van der Waals surface area contributed by atoms with Gasteiger partial charge in [-0.3, -0.25) is 19.2 Å². The summed E-state index contributed by atoms with van der Waals surface area (Å²) in [4.78, 5) is 63.4. The number of benzene rings is 3. The fourth-order valence-corrected chi connectivity index (χ4v) is 4.85. The first-order valence-electron chi connectivity index (χ1n) is 15.1. The van der Waals surface area contributed by atoms with Crippen LogP contribution in [0.1, 0.15) is 36.6 Å². The van der Waals surface area contributed by atoms with E-state index in [1.807, 2.05) is 10.6 Å². The van der Waals surface area contributed by atoms with Gasteiger partial charge in [0.25, 0.3) is 11.7 Å². The maximum absolute atomic E-state index is 15.3. The third kappa shape index (κ3) is 11.1. The Balaban J connectivity index is 2.00. The van der Waals surface area contributed by atoms with Crippen LogP contribution in [0, 0.1) is 5.92 Å². The van der Waals surface area contributed by atoms with Crippen LogP contribution in [-0.2, 0) is 36.3 Å². The summed E-state index contributed by atoms with van der Waals surface area (Å²) in [6.07, 6.45) is -5.78. The molecule has 0 aliphatic rings. The molecule has 3 atom stereocenters. The van der Waals surface area contributed by atoms with Crippen LogP contribution in [0.5, 0.6) is 11.5 Å². The van der Waals surface area contributed by atoms with Gasteiger partial charge in [-0.2, -0.15) is 22.0 Å². The molecule has 0 radical (unpaired) electrons. The molecule has 3 aromatic carbocycles. The highest BCUT2D eigenvalue weighted by molar-refractivity contribution is 6.30. The summed E-state index contributed by atoms with van der Waals surface area (Å²) in [6, 6.07) is 9.32. The summed E-state index contributed by atoms with van der Waals surface area (Å²) in [5.41, 5.74) is -0.542. The zero-order valence-electron chi connectivity index (χ0n) is 27.2. The van der Waals surface area contributed by atoms with Crippen molar-refractivity contribution in [1.82, 2.24) is 16.0 Å². The molecule has 51 heavy (non-hydrogen) atoms. The van der Waals surface area contributed by atoms with Crippen molar-refractivity contribution in [1.29, 1.82) is 0 Å². The Bertz CT molecular complexity index is 1720. The molecule has 0 saturated carbocycles. The molecule has 17 heteroatoms. The number of Topliss-reactive ketones (excluding diaryl/α,β-unsaturated/α-hetero) is 1. The lowest BCUT2D eigenvalue weighted by Crippen LogP contribution is -2.56. The standard InChI is InChI=1S/C34H33ClF5N3O8/c1-18(2)27(29(46)34(38,39)40)42-31(48)28(20-9-13-23(50-3)14-10-20)43-30(47)25(15-19-7-11-24(12-8-19)51-17-26(44)45)41-32(49)33(36,37)21-5-4-6-22(35)16-21/h4-14,16,18,25,27-28H,15,17H2,1-3H3,(H,41,49)(H,42,48)(H,43,47)(H,44,45)/t25-,27-,28-/m0/s1. The van der Waals surface area contributed by atoms with Crippen LogP contribution in [0.15, 0.2) is 72.8 Å². The Hall–Kier alpha value is -5.25. The lowest BCUT2D eigenvalue weighted by Gasteiger charge is -2.28. The van der Waals surface area contributed by atoms with Crippen LogP contribution in [0.4, 0.5) is 22.0 Å². The number of amides is 3. The predicted molar refractivity (Wildman–Crippen MR) is 172 cm³/mol. The Morgan fingerprint density at radius 3 is 1.96 bits per heavy atom. The van der Waals surface area contributed by atoms with E-state index in [1.54, 1.807) is 0 Å². The number of rotatable bonds is 16. The van der Waals surface area contributed by atoms with Crippen molar-refractivity contribution in [2.75, 3.05) is 13.7 Å². The summed E-state index contributed by atoms with van der Waals surface area (Å²) in [6.45, 7) is 1.86. The van der Waals surface area contributed by atoms with Crippen molar-refractivity contribution in [2.24, 2.45) is 5.92 Å². The normalized spacial score (nSPS) is 13.4. The van der Waals surface area contributed by atoms with Crippen LogP contribution in [0.25, 0.3) is 0 Å². The van der Waals surface area contributed by atoms with Crippen LogP contribution >= 0.6 is 11.6 Å². The first-order valence-corrected chi connectivity index (χ1v) is 15.4. The number of nitrogens with one attached hydrogen (secondary N) is 3. The van der Waals surface area contributed by atoms with Crippen molar-refractivity contribution < 1.29 is 60.5 Å². The average molecular weight is 742 g/mol. The van der Waals surface area contributed by atoms with Crippen LogP contribution in [0.2, 0.25) is 5.02 Å². The van der Waals surface area contributed by atoms with Crippen molar-refractivity contribution in [3.63, 3.8) is 0 Å². The van der Waals surface area contributed by atoms with Crippen LogP contribution in [0.3, 0.4) is 0 Å². The highest BCUT2D eigenvalue weighted by Crippen LogP contribution is 2.30. The van der Waals surface area contributed by atoms with Gasteiger partial charge in [0.2, 0.25) is 11.8 Å². The van der Waals surface area contributed by atoms with Crippen molar-refractivity contribution in [3.05, 3.63) is 94.5 Å². The smallest absolute Gasteiger partial charge is 0.452 e. The SMILES string of the molecule is COc1ccc([C@H](NC(=O)[C@H](Cc2ccc(OCC(=O)O)cc2)NC(=O)C(F)(F)c2cccc(Cl)c2)C(=O)N[C@H](C(=O)C(F)(F)F)C(C)C)cc1.